The van der Waals surface area contributed by atoms with Gasteiger partial charge >= 0.3 is 0 Å². The van der Waals surface area contributed by atoms with Gasteiger partial charge in [0, 0.05) is 26.0 Å². The van der Waals surface area contributed by atoms with Crippen LogP contribution in [0.3, 0.4) is 0 Å². The normalized spacial score (nSPS) is 18.3. The lowest BCUT2D eigenvalue weighted by molar-refractivity contribution is 0.513. The predicted molar refractivity (Wildman–Crippen MR) is 65.3 cm³/mol. The van der Waals surface area contributed by atoms with Gasteiger partial charge in [0.25, 0.3) is 0 Å². The molecule has 0 saturated carbocycles. The molecule has 1 aliphatic carbocycles. The molecule has 0 radical (unpaired) electrons. The Morgan fingerprint density at radius 2 is 2.41 bits per heavy atom. The molecule has 1 N–H and O–H groups in total. The summed E-state index contributed by atoms with van der Waals surface area (Å²) in [5, 5.41) is 7.89. The van der Waals surface area contributed by atoms with E-state index in [2.05, 4.69) is 21.5 Å². The van der Waals surface area contributed by atoms with E-state index in [-0.39, 0.29) is 0 Å². The minimum atomic E-state index is 0.383. The largest absolute Gasteiger partial charge is 0.303 e. The summed E-state index contributed by atoms with van der Waals surface area (Å²) in [4.78, 5) is 4.47. The first-order chi connectivity index (χ1) is 8.33. The second kappa shape index (κ2) is 4.30. The SMILES string of the molecule is Cn1ccc(CNC2CCc3cccnc32)n1. The number of pyridine rings is 1. The standard InChI is InChI=1S/C13H16N4/c1-17-8-6-11(16-17)9-15-12-5-4-10-3-2-7-14-13(10)12/h2-3,6-8,12,15H,4-5,9H2,1H3. The van der Waals surface area contributed by atoms with E-state index in [1.807, 2.05) is 36.3 Å². The van der Waals surface area contributed by atoms with E-state index in [0.717, 1.165) is 25.1 Å². The highest BCUT2D eigenvalue weighted by molar-refractivity contribution is 5.27. The molecule has 4 nitrogen and oxygen atoms in total. The Morgan fingerprint density at radius 1 is 1.47 bits per heavy atom. The summed E-state index contributed by atoms with van der Waals surface area (Å²) in [5.41, 5.74) is 3.67. The quantitative estimate of drug-likeness (QED) is 0.867. The van der Waals surface area contributed by atoms with Crippen molar-refractivity contribution < 1.29 is 0 Å². The van der Waals surface area contributed by atoms with E-state index in [4.69, 9.17) is 0 Å². The molecule has 0 spiro atoms. The minimum absolute atomic E-state index is 0.383. The van der Waals surface area contributed by atoms with Crippen LogP contribution in [0.5, 0.6) is 0 Å². The zero-order valence-corrected chi connectivity index (χ0v) is 9.93. The lowest BCUT2D eigenvalue weighted by Crippen LogP contribution is -2.19. The molecule has 0 bridgehead atoms. The van der Waals surface area contributed by atoms with Crippen molar-refractivity contribution in [1.29, 1.82) is 0 Å². The van der Waals surface area contributed by atoms with Crippen LogP contribution in [0.4, 0.5) is 0 Å². The number of aromatic nitrogens is 3. The molecule has 0 saturated heterocycles. The zero-order valence-electron chi connectivity index (χ0n) is 9.93. The van der Waals surface area contributed by atoms with Gasteiger partial charge in [0.15, 0.2) is 0 Å². The van der Waals surface area contributed by atoms with Gasteiger partial charge in [0.2, 0.25) is 0 Å². The van der Waals surface area contributed by atoms with Crippen LogP contribution in [0.15, 0.2) is 30.6 Å². The van der Waals surface area contributed by atoms with E-state index in [1.54, 1.807) is 0 Å². The fourth-order valence-corrected chi connectivity index (χ4v) is 2.40. The number of hydrogen-bond acceptors (Lipinski definition) is 3. The van der Waals surface area contributed by atoms with Gasteiger partial charge < -0.3 is 5.32 Å². The van der Waals surface area contributed by atoms with Gasteiger partial charge in [0.05, 0.1) is 17.4 Å². The predicted octanol–water partition coefficient (Wildman–Crippen LogP) is 1.59. The Bertz CT molecular complexity index is 518. The van der Waals surface area contributed by atoms with Crippen molar-refractivity contribution in [1.82, 2.24) is 20.1 Å². The van der Waals surface area contributed by atoms with Crippen molar-refractivity contribution in [2.75, 3.05) is 0 Å². The molecule has 1 aliphatic rings. The molecule has 17 heavy (non-hydrogen) atoms. The van der Waals surface area contributed by atoms with Gasteiger partial charge in [-0.05, 0) is 30.5 Å². The second-order valence-corrected chi connectivity index (χ2v) is 4.50. The van der Waals surface area contributed by atoms with Crippen LogP contribution < -0.4 is 5.32 Å². The monoisotopic (exact) mass is 228 g/mol. The van der Waals surface area contributed by atoms with Gasteiger partial charge in [-0.1, -0.05) is 6.07 Å². The van der Waals surface area contributed by atoms with Crippen LogP contribution in [0.25, 0.3) is 0 Å². The van der Waals surface area contributed by atoms with Crippen LogP contribution in [0.2, 0.25) is 0 Å². The maximum Gasteiger partial charge on any atom is 0.0762 e. The molecule has 0 aliphatic heterocycles. The number of aryl methyl sites for hydroxylation is 2. The lowest BCUT2D eigenvalue weighted by atomic mass is 10.2. The first-order valence-corrected chi connectivity index (χ1v) is 5.98. The molecule has 3 rings (SSSR count). The third-order valence-corrected chi connectivity index (χ3v) is 3.26. The first-order valence-electron chi connectivity index (χ1n) is 5.98. The van der Waals surface area contributed by atoms with E-state index >= 15 is 0 Å². The summed E-state index contributed by atoms with van der Waals surface area (Å²) in [6, 6.07) is 6.61. The van der Waals surface area contributed by atoms with Gasteiger partial charge in [0.1, 0.15) is 0 Å². The minimum Gasteiger partial charge on any atom is -0.303 e. The summed E-state index contributed by atoms with van der Waals surface area (Å²) in [6.07, 6.45) is 6.11. The highest BCUT2D eigenvalue weighted by Gasteiger charge is 2.22. The van der Waals surface area contributed by atoms with Gasteiger partial charge in [-0.2, -0.15) is 5.10 Å². The molecule has 2 aromatic heterocycles. The second-order valence-electron chi connectivity index (χ2n) is 4.50. The van der Waals surface area contributed by atoms with E-state index < -0.39 is 0 Å². The lowest BCUT2D eigenvalue weighted by Gasteiger charge is -2.11. The zero-order chi connectivity index (χ0) is 11.7. The molecular formula is C13H16N4. The third kappa shape index (κ3) is 2.08. The Balaban J connectivity index is 1.68. The molecule has 0 aromatic carbocycles. The number of hydrogen-bond donors (Lipinski definition) is 1. The van der Waals surface area contributed by atoms with E-state index in [9.17, 15) is 0 Å². The molecule has 2 heterocycles. The average molecular weight is 228 g/mol. The summed E-state index contributed by atoms with van der Waals surface area (Å²) in [7, 11) is 1.94. The smallest absolute Gasteiger partial charge is 0.0762 e. The van der Waals surface area contributed by atoms with Crippen molar-refractivity contribution in [3.63, 3.8) is 0 Å². The van der Waals surface area contributed by atoms with Crippen molar-refractivity contribution in [3.05, 3.63) is 47.5 Å². The van der Waals surface area contributed by atoms with Crippen molar-refractivity contribution >= 4 is 0 Å². The first kappa shape index (κ1) is 10.5. The summed E-state index contributed by atoms with van der Waals surface area (Å²) >= 11 is 0. The van der Waals surface area contributed by atoms with Crippen LogP contribution >= 0.6 is 0 Å². The molecule has 0 amide bonds. The van der Waals surface area contributed by atoms with E-state index in [0.29, 0.717) is 6.04 Å². The van der Waals surface area contributed by atoms with Crippen LogP contribution in [-0.2, 0) is 20.0 Å². The summed E-state index contributed by atoms with van der Waals surface area (Å²) < 4.78 is 1.83. The molecule has 1 unspecified atom stereocenters. The summed E-state index contributed by atoms with van der Waals surface area (Å²) in [6.45, 7) is 0.807. The average Bonchev–Trinajstić information content (AvgIpc) is 2.93. The molecular weight excluding hydrogens is 212 g/mol. The number of rotatable bonds is 3. The number of nitrogens with one attached hydrogen (secondary N) is 1. The summed E-state index contributed by atoms with van der Waals surface area (Å²) in [5.74, 6) is 0. The molecule has 1 atom stereocenters. The van der Waals surface area contributed by atoms with Crippen molar-refractivity contribution in [2.45, 2.75) is 25.4 Å². The maximum atomic E-state index is 4.47. The topological polar surface area (TPSA) is 42.7 Å². The number of fused-ring (bicyclic) bond motifs is 1. The van der Waals surface area contributed by atoms with Gasteiger partial charge in [-0.15, -0.1) is 0 Å². The third-order valence-electron chi connectivity index (χ3n) is 3.26. The van der Waals surface area contributed by atoms with Gasteiger partial charge in [-0.25, -0.2) is 0 Å². The maximum absolute atomic E-state index is 4.47. The molecule has 0 fully saturated rings. The Morgan fingerprint density at radius 3 is 3.24 bits per heavy atom. The molecule has 4 heteroatoms. The molecule has 88 valence electrons. The Kier molecular flexibility index (Phi) is 2.65. The van der Waals surface area contributed by atoms with E-state index in [1.165, 1.54) is 11.3 Å². The highest BCUT2D eigenvalue weighted by Crippen LogP contribution is 2.28. The van der Waals surface area contributed by atoms with Crippen LogP contribution in [0, 0.1) is 0 Å². The van der Waals surface area contributed by atoms with Crippen LogP contribution in [-0.4, -0.2) is 14.8 Å². The fourth-order valence-electron chi connectivity index (χ4n) is 2.40. The number of nitrogens with zero attached hydrogens (tertiary/aromatic N) is 3. The van der Waals surface area contributed by atoms with Gasteiger partial charge in [-0.3, -0.25) is 9.67 Å². The Labute approximate surface area is 101 Å². The van der Waals surface area contributed by atoms with Crippen molar-refractivity contribution in [2.24, 2.45) is 7.05 Å². The van der Waals surface area contributed by atoms with Crippen LogP contribution in [0.1, 0.15) is 29.4 Å². The Hall–Kier alpha value is -1.68. The van der Waals surface area contributed by atoms with Crippen molar-refractivity contribution in [3.8, 4) is 0 Å². The molecule has 2 aromatic rings. The highest BCUT2D eigenvalue weighted by atomic mass is 15.3. The fraction of sp³-hybridized carbons (Fsp3) is 0.385.